The number of pyridine rings is 1. The van der Waals surface area contributed by atoms with E-state index in [1.54, 1.807) is 18.3 Å². The molecule has 2 aromatic carbocycles. The first-order valence-electron chi connectivity index (χ1n) is 9.60. The maximum absolute atomic E-state index is 5.90. The summed E-state index contributed by atoms with van der Waals surface area (Å²) in [5, 5.41) is 6.78. The average Bonchev–Trinajstić information content (AvgIpc) is 2.82. The summed E-state index contributed by atoms with van der Waals surface area (Å²) in [7, 11) is 0. The summed E-state index contributed by atoms with van der Waals surface area (Å²) < 4.78 is 5.88. The molecule has 4 aromatic rings. The van der Waals surface area contributed by atoms with Gasteiger partial charge in [-0.25, -0.2) is 10.8 Å². The molecule has 10 heteroatoms. The number of anilines is 3. The van der Waals surface area contributed by atoms with Crippen LogP contribution in [-0.2, 0) is 0 Å². The normalized spacial score (nSPS) is 11.1. The van der Waals surface area contributed by atoms with E-state index >= 15 is 0 Å². The van der Waals surface area contributed by atoms with Gasteiger partial charge in [-0.3, -0.25) is 4.98 Å². The van der Waals surface area contributed by atoms with Gasteiger partial charge in [-0.15, -0.1) is 0 Å². The summed E-state index contributed by atoms with van der Waals surface area (Å²) in [5.74, 6) is 12.9. The Kier molecular flexibility index (Phi) is 6.05. The van der Waals surface area contributed by atoms with Crippen molar-refractivity contribution in [2.24, 2.45) is 16.8 Å². The molecule has 0 aliphatic carbocycles. The van der Waals surface area contributed by atoms with Crippen LogP contribution in [0.3, 0.4) is 0 Å². The van der Waals surface area contributed by atoms with E-state index in [0.717, 1.165) is 16.9 Å². The van der Waals surface area contributed by atoms with E-state index in [0.29, 0.717) is 23.0 Å². The van der Waals surface area contributed by atoms with Crippen LogP contribution in [0.4, 0.5) is 17.5 Å². The Labute approximate surface area is 184 Å². The monoisotopic (exact) mass is 427 g/mol. The Morgan fingerprint density at radius 2 is 1.69 bits per heavy atom. The van der Waals surface area contributed by atoms with Crippen molar-refractivity contribution in [1.29, 1.82) is 0 Å². The molecule has 0 aliphatic heterocycles. The van der Waals surface area contributed by atoms with Crippen LogP contribution in [0.5, 0.6) is 11.5 Å². The first kappa shape index (κ1) is 20.6. The molecule has 8 N–H and O–H groups in total. The molecule has 0 radical (unpaired) electrons. The van der Waals surface area contributed by atoms with Gasteiger partial charge in [0.2, 0.25) is 5.95 Å². The molecule has 0 saturated carbocycles. The third kappa shape index (κ3) is 4.89. The number of nitrogens with one attached hydrogen (secondary N) is 2. The molecule has 2 heterocycles. The quantitative estimate of drug-likeness (QED) is 0.135. The van der Waals surface area contributed by atoms with Gasteiger partial charge in [0.1, 0.15) is 23.0 Å². The smallest absolute Gasteiger partial charge is 0.222 e. The number of hydrogen-bond acceptors (Lipinski definition) is 9. The zero-order chi connectivity index (χ0) is 22.3. The van der Waals surface area contributed by atoms with Crippen LogP contribution in [0.15, 0.2) is 84.1 Å². The molecule has 0 atom stereocenters. The first-order valence-corrected chi connectivity index (χ1v) is 9.60. The van der Waals surface area contributed by atoms with Crippen LogP contribution in [0.1, 0.15) is 5.69 Å². The molecule has 0 fully saturated rings. The van der Waals surface area contributed by atoms with Crippen molar-refractivity contribution in [3.8, 4) is 22.8 Å². The minimum atomic E-state index is 0.189. The zero-order valence-electron chi connectivity index (χ0n) is 16.9. The molecule has 0 bridgehead atoms. The van der Waals surface area contributed by atoms with Crippen LogP contribution in [0.25, 0.3) is 11.3 Å². The Bertz CT molecular complexity index is 1230. The number of nitrogens with zero attached hydrogens (tertiary/aromatic N) is 4. The topological polar surface area (TPSA) is 162 Å². The largest absolute Gasteiger partial charge is 0.457 e. The van der Waals surface area contributed by atoms with Gasteiger partial charge in [-0.2, -0.15) is 10.1 Å². The molecular formula is C22H21N9O. The highest BCUT2D eigenvalue weighted by molar-refractivity contribution is 5.96. The number of benzene rings is 2. The maximum Gasteiger partial charge on any atom is 0.222 e. The van der Waals surface area contributed by atoms with Crippen molar-refractivity contribution in [1.82, 2.24) is 20.4 Å². The fourth-order valence-electron chi connectivity index (χ4n) is 2.96. The minimum Gasteiger partial charge on any atom is -0.457 e. The lowest BCUT2D eigenvalue weighted by molar-refractivity contribution is 0.482. The van der Waals surface area contributed by atoms with Crippen molar-refractivity contribution in [2.75, 3.05) is 11.1 Å². The van der Waals surface area contributed by atoms with E-state index in [2.05, 4.69) is 30.8 Å². The number of aromatic nitrogens is 3. The van der Waals surface area contributed by atoms with Crippen LogP contribution < -0.4 is 32.9 Å². The second-order valence-corrected chi connectivity index (χ2v) is 6.61. The van der Waals surface area contributed by atoms with E-state index < -0.39 is 0 Å². The number of hydrazine groups is 1. The maximum atomic E-state index is 5.90. The van der Waals surface area contributed by atoms with Crippen LogP contribution in [0, 0.1) is 0 Å². The van der Waals surface area contributed by atoms with Crippen molar-refractivity contribution in [3.63, 3.8) is 0 Å². The summed E-state index contributed by atoms with van der Waals surface area (Å²) in [5.41, 5.74) is 11.3. The zero-order valence-corrected chi connectivity index (χ0v) is 16.9. The number of nitrogens with two attached hydrogens (primary N) is 3. The highest BCUT2D eigenvalue weighted by atomic mass is 16.5. The standard InChI is InChI=1S/C22H21N9O/c23-22-28-18(14-4-2-1-3-5-14)13-20(29-22)27-15-6-8-16(9-7-15)32-17-10-11-26-19(12-17)21(30-24)31-25/h1-13H,24-25H2,(H,30,31)(H3,23,27,28,29). The van der Waals surface area contributed by atoms with Crippen LogP contribution in [-0.4, -0.2) is 20.8 Å². The molecule has 4 rings (SSSR count). The second kappa shape index (κ2) is 9.41. The van der Waals surface area contributed by atoms with Crippen LogP contribution >= 0.6 is 0 Å². The van der Waals surface area contributed by atoms with E-state index in [9.17, 15) is 0 Å². The highest BCUT2D eigenvalue weighted by Gasteiger charge is 2.07. The van der Waals surface area contributed by atoms with Gasteiger partial charge < -0.3 is 27.1 Å². The molecule has 10 nitrogen and oxygen atoms in total. The highest BCUT2D eigenvalue weighted by Crippen LogP contribution is 2.26. The third-order valence-electron chi connectivity index (χ3n) is 4.42. The Morgan fingerprint density at radius 1 is 0.906 bits per heavy atom. The first-order chi connectivity index (χ1) is 15.6. The van der Waals surface area contributed by atoms with Crippen molar-refractivity contribution in [2.45, 2.75) is 0 Å². The summed E-state index contributed by atoms with van der Waals surface area (Å²) >= 11 is 0. The summed E-state index contributed by atoms with van der Waals surface area (Å²) in [4.78, 5) is 12.7. The third-order valence-corrected chi connectivity index (χ3v) is 4.42. The molecule has 0 unspecified atom stereocenters. The molecule has 0 amide bonds. The van der Waals surface area contributed by atoms with Gasteiger partial charge in [0.25, 0.3) is 0 Å². The minimum absolute atomic E-state index is 0.189. The van der Waals surface area contributed by atoms with Crippen molar-refractivity contribution in [3.05, 3.63) is 84.7 Å². The number of ether oxygens (including phenoxy) is 1. The van der Waals surface area contributed by atoms with E-state index in [4.69, 9.17) is 22.2 Å². The molecule has 0 aliphatic rings. The number of hydrazone groups is 1. The van der Waals surface area contributed by atoms with Gasteiger partial charge in [0, 0.05) is 29.6 Å². The Balaban J connectivity index is 1.48. The second-order valence-electron chi connectivity index (χ2n) is 6.61. The predicted molar refractivity (Wildman–Crippen MR) is 124 cm³/mol. The fourth-order valence-corrected chi connectivity index (χ4v) is 2.96. The Morgan fingerprint density at radius 3 is 2.41 bits per heavy atom. The van der Waals surface area contributed by atoms with Crippen molar-refractivity contribution < 1.29 is 4.74 Å². The van der Waals surface area contributed by atoms with Gasteiger partial charge >= 0.3 is 0 Å². The van der Waals surface area contributed by atoms with Gasteiger partial charge in [-0.05, 0) is 30.3 Å². The van der Waals surface area contributed by atoms with Gasteiger partial charge in [0.15, 0.2) is 5.84 Å². The molecular weight excluding hydrogens is 406 g/mol. The number of amidine groups is 1. The number of hydrogen-bond donors (Lipinski definition) is 5. The summed E-state index contributed by atoms with van der Waals surface area (Å²) in [6.45, 7) is 0. The molecule has 2 aromatic heterocycles. The predicted octanol–water partition coefficient (Wildman–Crippen LogP) is 2.74. The Hall–Kier alpha value is -4.70. The lowest BCUT2D eigenvalue weighted by Crippen LogP contribution is -2.32. The van der Waals surface area contributed by atoms with E-state index in [-0.39, 0.29) is 11.8 Å². The molecule has 0 saturated heterocycles. The van der Waals surface area contributed by atoms with Crippen molar-refractivity contribution >= 4 is 23.3 Å². The summed E-state index contributed by atoms with van der Waals surface area (Å²) in [6.07, 6.45) is 1.58. The van der Waals surface area contributed by atoms with E-state index in [1.165, 1.54) is 0 Å². The number of nitrogen functional groups attached to an aromatic ring is 1. The molecule has 160 valence electrons. The fraction of sp³-hybridized carbons (Fsp3) is 0. The number of rotatable bonds is 6. The summed E-state index contributed by atoms with van der Waals surface area (Å²) in [6, 6.07) is 22.4. The lowest BCUT2D eigenvalue weighted by Gasteiger charge is -2.11. The lowest BCUT2D eigenvalue weighted by atomic mass is 10.1. The van der Waals surface area contributed by atoms with E-state index in [1.807, 2.05) is 60.7 Å². The SMILES string of the molecule is N/N=C(\NN)c1cc(Oc2ccc(Nc3cc(-c4ccccc4)nc(N)n3)cc2)ccn1. The van der Waals surface area contributed by atoms with Crippen LogP contribution in [0.2, 0.25) is 0 Å². The molecule has 32 heavy (non-hydrogen) atoms. The average molecular weight is 427 g/mol. The van der Waals surface area contributed by atoms with Gasteiger partial charge in [0.05, 0.1) is 5.69 Å². The van der Waals surface area contributed by atoms with Gasteiger partial charge in [-0.1, -0.05) is 30.3 Å². The molecule has 0 spiro atoms.